The Labute approximate surface area is 85.8 Å². The molecular formula is C10H21NOS. The van der Waals surface area contributed by atoms with Crippen LogP contribution in [0.4, 0.5) is 0 Å². The average molecular weight is 203 g/mol. The molecule has 3 heteroatoms. The van der Waals surface area contributed by atoms with E-state index in [0.717, 1.165) is 19.8 Å². The fraction of sp³-hybridized carbons (Fsp3) is 1.00. The van der Waals surface area contributed by atoms with Gasteiger partial charge in [0.15, 0.2) is 0 Å². The zero-order valence-corrected chi connectivity index (χ0v) is 9.58. The van der Waals surface area contributed by atoms with E-state index in [9.17, 15) is 0 Å². The van der Waals surface area contributed by atoms with Gasteiger partial charge in [0.05, 0.1) is 6.61 Å². The van der Waals surface area contributed by atoms with E-state index < -0.39 is 0 Å². The van der Waals surface area contributed by atoms with Crippen LogP contribution in [0.15, 0.2) is 0 Å². The van der Waals surface area contributed by atoms with Crippen LogP contribution in [0, 0.1) is 0 Å². The van der Waals surface area contributed by atoms with E-state index in [2.05, 4.69) is 18.5 Å². The second-order valence-electron chi connectivity index (χ2n) is 3.99. The number of hydrogen-bond donors (Lipinski definition) is 1. The van der Waals surface area contributed by atoms with Crippen LogP contribution in [0.1, 0.15) is 26.2 Å². The van der Waals surface area contributed by atoms with Crippen LogP contribution in [0.25, 0.3) is 0 Å². The van der Waals surface area contributed by atoms with Crippen LogP contribution in [0.3, 0.4) is 0 Å². The van der Waals surface area contributed by atoms with Crippen molar-refractivity contribution in [3.05, 3.63) is 0 Å². The number of nitrogens with one attached hydrogen (secondary N) is 1. The first-order chi connectivity index (χ1) is 6.27. The Kier molecular flexibility index (Phi) is 5.14. The molecule has 0 aromatic carbocycles. The summed E-state index contributed by atoms with van der Waals surface area (Å²) in [5.74, 6) is 1.25. The van der Waals surface area contributed by atoms with Gasteiger partial charge in [-0.15, -0.1) is 0 Å². The Bertz CT molecular complexity index is 135. The summed E-state index contributed by atoms with van der Waals surface area (Å²) in [5.41, 5.74) is 0.247. The summed E-state index contributed by atoms with van der Waals surface area (Å²) in [5, 5.41) is 3.59. The Balaban J connectivity index is 2.10. The predicted molar refractivity (Wildman–Crippen MR) is 59.5 cm³/mol. The van der Waals surface area contributed by atoms with E-state index in [1.807, 2.05) is 11.8 Å². The van der Waals surface area contributed by atoms with Crippen molar-refractivity contribution < 1.29 is 4.74 Å². The number of ether oxygens (including phenoxy) is 1. The molecular weight excluding hydrogens is 182 g/mol. The summed E-state index contributed by atoms with van der Waals surface area (Å²) in [6.45, 7) is 5.22. The van der Waals surface area contributed by atoms with Crippen molar-refractivity contribution in [3.63, 3.8) is 0 Å². The highest BCUT2D eigenvalue weighted by molar-refractivity contribution is 7.98. The topological polar surface area (TPSA) is 21.3 Å². The van der Waals surface area contributed by atoms with Gasteiger partial charge in [0.1, 0.15) is 0 Å². The van der Waals surface area contributed by atoms with Gasteiger partial charge in [0.25, 0.3) is 0 Å². The number of thioether (sulfide) groups is 1. The molecule has 0 saturated carbocycles. The molecule has 1 unspecified atom stereocenters. The van der Waals surface area contributed by atoms with E-state index in [-0.39, 0.29) is 5.54 Å². The molecule has 1 saturated heterocycles. The zero-order chi connectivity index (χ0) is 9.57. The summed E-state index contributed by atoms with van der Waals surface area (Å²) in [7, 11) is 0. The second-order valence-corrected chi connectivity index (χ2v) is 4.98. The van der Waals surface area contributed by atoms with Gasteiger partial charge in [0, 0.05) is 12.1 Å². The van der Waals surface area contributed by atoms with Crippen molar-refractivity contribution in [1.29, 1.82) is 0 Å². The minimum absolute atomic E-state index is 0.247. The van der Waals surface area contributed by atoms with Crippen LogP contribution < -0.4 is 5.32 Å². The van der Waals surface area contributed by atoms with E-state index in [0.29, 0.717) is 0 Å². The molecule has 1 N–H and O–H groups in total. The first-order valence-electron chi connectivity index (χ1n) is 5.08. The molecule has 1 fully saturated rings. The molecule has 1 atom stereocenters. The molecule has 2 nitrogen and oxygen atoms in total. The Morgan fingerprint density at radius 2 is 2.38 bits per heavy atom. The van der Waals surface area contributed by atoms with Crippen molar-refractivity contribution >= 4 is 11.8 Å². The highest BCUT2D eigenvalue weighted by atomic mass is 32.2. The normalized spacial score (nSPS) is 29.1. The fourth-order valence-corrected chi connectivity index (χ4v) is 2.11. The maximum Gasteiger partial charge on any atom is 0.0645 e. The van der Waals surface area contributed by atoms with Crippen LogP contribution in [0.2, 0.25) is 0 Å². The summed E-state index contributed by atoms with van der Waals surface area (Å²) in [6.07, 6.45) is 5.88. The average Bonchev–Trinajstić information content (AvgIpc) is 2.14. The maximum atomic E-state index is 5.47. The summed E-state index contributed by atoms with van der Waals surface area (Å²) < 4.78 is 5.47. The van der Waals surface area contributed by atoms with Crippen molar-refractivity contribution in [2.24, 2.45) is 0 Å². The van der Waals surface area contributed by atoms with Gasteiger partial charge in [-0.05, 0) is 44.7 Å². The molecule has 0 spiro atoms. The molecule has 0 aliphatic carbocycles. The first kappa shape index (κ1) is 11.3. The van der Waals surface area contributed by atoms with Crippen LogP contribution in [-0.2, 0) is 4.74 Å². The molecule has 1 rings (SSSR count). The van der Waals surface area contributed by atoms with Gasteiger partial charge in [0.2, 0.25) is 0 Å². The van der Waals surface area contributed by atoms with Crippen molar-refractivity contribution in [2.75, 3.05) is 31.8 Å². The SMILES string of the molecule is CSCCCNC1(C)CCCOC1. The number of hydrogen-bond acceptors (Lipinski definition) is 3. The van der Waals surface area contributed by atoms with Crippen molar-refractivity contribution in [2.45, 2.75) is 31.7 Å². The molecule has 0 aromatic rings. The minimum Gasteiger partial charge on any atom is -0.380 e. The number of rotatable bonds is 5. The summed E-state index contributed by atoms with van der Waals surface area (Å²) in [6, 6.07) is 0. The Hall–Kier alpha value is 0.270. The lowest BCUT2D eigenvalue weighted by Crippen LogP contribution is -2.49. The zero-order valence-electron chi connectivity index (χ0n) is 8.77. The maximum absolute atomic E-state index is 5.47. The smallest absolute Gasteiger partial charge is 0.0645 e. The Morgan fingerprint density at radius 1 is 1.54 bits per heavy atom. The Morgan fingerprint density at radius 3 is 3.00 bits per heavy atom. The molecule has 1 aliphatic heterocycles. The molecule has 0 bridgehead atoms. The van der Waals surface area contributed by atoms with E-state index in [4.69, 9.17) is 4.74 Å². The van der Waals surface area contributed by atoms with Gasteiger partial charge < -0.3 is 10.1 Å². The standard InChI is InChI=1S/C10H21NOS/c1-10(5-3-7-12-9-10)11-6-4-8-13-2/h11H,3-9H2,1-2H3. The van der Waals surface area contributed by atoms with Crippen LogP contribution in [-0.4, -0.2) is 37.3 Å². The third-order valence-corrected chi connectivity index (χ3v) is 3.21. The predicted octanol–water partition coefficient (Wildman–Crippen LogP) is 1.90. The second kappa shape index (κ2) is 5.89. The van der Waals surface area contributed by atoms with Gasteiger partial charge in [-0.1, -0.05) is 0 Å². The fourth-order valence-electron chi connectivity index (χ4n) is 1.68. The van der Waals surface area contributed by atoms with Crippen molar-refractivity contribution in [3.8, 4) is 0 Å². The van der Waals surface area contributed by atoms with Crippen LogP contribution in [0.5, 0.6) is 0 Å². The minimum atomic E-state index is 0.247. The molecule has 13 heavy (non-hydrogen) atoms. The lowest BCUT2D eigenvalue weighted by Gasteiger charge is -2.34. The molecule has 1 aliphatic rings. The van der Waals surface area contributed by atoms with E-state index in [1.165, 1.54) is 25.0 Å². The molecule has 0 aromatic heterocycles. The lowest BCUT2D eigenvalue weighted by molar-refractivity contribution is 0.0288. The third kappa shape index (κ3) is 4.34. The van der Waals surface area contributed by atoms with Gasteiger partial charge in [-0.25, -0.2) is 0 Å². The van der Waals surface area contributed by atoms with Gasteiger partial charge >= 0.3 is 0 Å². The largest absolute Gasteiger partial charge is 0.380 e. The highest BCUT2D eigenvalue weighted by Gasteiger charge is 2.26. The van der Waals surface area contributed by atoms with Gasteiger partial charge in [-0.3, -0.25) is 0 Å². The summed E-state index contributed by atoms with van der Waals surface area (Å²) in [4.78, 5) is 0. The first-order valence-corrected chi connectivity index (χ1v) is 6.48. The monoisotopic (exact) mass is 203 g/mol. The van der Waals surface area contributed by atoms with Crippen LogP contribution >= 0.6 is 11.8 Å². The molecule has 0 radical (unpaired) electrons. The highest BCUT2D eigenvalue weighted by Crippen LogP contribution is 2.17. The molecule has 78 valence electrons. The quantitative estimate of drug-likeness (QED) is 0.690. The van der Waals surface area contributed by atoms with E-state index >= 15 is 0 Å². The lowest BCUT2D eigenvalue weighted by atomic mass is 9.95. The van der Waals surface area contributed by atoms with Crippen molar-refractivity contribution in [1.82, 2.24) is 5.32 Å². The summed E-state index contributed by atoms with van der Waals surface area (Å²) >= 11 is 1.92. The molecule has 1 heterocycles. The van der Waals surface area contributed by atoms with Gasteiger partial charge in [-0.2, -0.15) is 11.8 Å². The third-order valence-electron chi connectivity index (χ3n) is 2.51. The molecule has 0 amide bonds. The van der Waals surface area contributed by atoms with E-state index in [1.54, 1.807) is 0 Å².